The molecule has 2 aromatic carbocycles. The summed E-state index contributed by atoms with van der Waals surface area (Å²) in [7, 11) is 5.07. The summed E-state index contributed by atoms with van der Waals surface area (Å²) in [6.45, 7) is 0.176. The van der Waals surface area contributed by atoms with E-state index in [9.17, 15) is 4.79 Å². The van der Waals surface area contributed by atoms with Gasteiger partial charge >= 0.3 is 0 Å². The number of Topliss-reactive ketones (excluding diaryl/α,β-unsaturated/α-hetero) is 1. The number of aromatic amines is 1. The second-order valence-corrected chi connectivity index (χ2v) is 8.92. The molecule has 1 N–H and O–H groups in total. The Morgan fingerprint density at radius 3 is 2.50 bits per heavy atom. The molecule has 0 aliphatic heterocycles. The molecular weight excluding hydrogens is 482 g/mol. The minimum absolute atomic E-state index is 0.105. The van der Waals surface area contributed by atoms with Gasteiger partial charge in [-0.05, 0) is 24.6 Å². The number of ketones is 1. The highest BCUT2D eigenvalue weighted by Gasteiger charge is 2.18. The number of carbonyl (C=O) groups is 1. The van der Waals surface area contributed by atoms with Gasteiger partial charge in [0.2, 0.25) is 0 Å². The smallest absolute Gasteiger partial charge is 0.152 e. The lowest BCUT2D eigenvalue weighted by atomic mass is 10.1. The maximum absolute atomic E-state index is 13.2. The third-order valence-electron chi connectivity index (χ3n) is 6.24. The Balaban J connectivity index is 1.48. The van der Waals surface area contributed by atoms with Gasteiger partial charge in [0.15, 0.2) is 5.78 Å². The van der Waals surface area contributed by atoms with Crippen LogP contribution in [-0.2, 0) is 18.3 Å². The molecule has 0 radical (unpaired) electrons. The molecular formula is C28H29N7O3. The number of nitrogens with one attached hydrogen (secondary N) is 1. The highest BCUT2D eigenvalue weighted by molar-refractivity contribution is 5.89. The second kappa shape index (κ2) is 11.1. The van der Waals surface area contributed by atoms with Gasteiger partial charge in [0.25, 0.3) is 0 Å². The van der Waals surface area contributed by atoms with Crippen molar-refractivity contribution in [3.8, 4) is 22.8 Å². The first-order valence-electron chi connectivity index (χ1n) is 12.3. The summed E-state index contributed by atoms with van der Waals surface area (Å²) in [6.07, 6.45) is 10.8. The molecule has 0 saturated heterocycles. The van der Waals surface area contributed by atoms with Crippen LogP contribution in [0.1, 0.15) is 18.7 Å². The summed E-state index contributed by atoms with van der Waals surface area (Å²) in [5.74, 6) is 2.25. The van der Waals surface area contributed by atoms with Gasteiger partial charge in [-0.3, -0.25) is 14.5 Å². The van der Waals surface area contributed by atoms with Crippen LogP contribution in [-0.4, -0.2) is 56.3 Å². The molecule has 0 atom stereocenters. The molecule has 0 aliphatic rings. The van der Waals surface area contributed by atoms with Crippen LogP contribution >= 0.6 is 0 Å². The van der Waals surface area contributed by atoms with Gasteiger partial charge in [-0.2, -0.15) is 5.10 Å². The Hall–Kier alpha value is -4.73. The Bertz CT molecular complexity index is 1520. The van der Waals surface area contributed by atoms with Crippen LogP contribution in [0.4, 0.5) is 11.4 Å². The van der Waals surface area contributed by atoms with E-state index >= 15 is 0 Å². The summed E-state index contributed by atoms with van der Waals surface area (Å²) in [5, 5.41) is 4.24. The number of aromatic nitrogens is 6. The van der Waals surface area contributed by atoms with Crippen LogP contribution in [0.5, 0.6) is 11.5 Å². The fourth-order valence-electron chi connectivity index (χ4n) is 4.28. The molecule has 0 spiro atoms. The van der Waals surface area contributed by atoms with Crippen molar-refractivity contribution in [3.63, 3.8) is 0 Å². The highest BCUT2D eigenvalue weighted by atomic mass is 16.5. The number of rotatable bonds is 11. The highest BCUT2D eigenvalue weighted by Crippen LogP contribution is 2.34. The van der Waals surface area contributed by atoms with E-state index in [-0.39, 0.29) is 12.3 Å². The summed E-state index contributed by atoms with van der Waals surface area (Å²) in [4.78, 5) is 31.9. The van der Waals surface area contributed by atoms with E-state index < -0.39 is 0 Å². The number of H-pyrrole nitrogens is 1. The van der Waals surface area contributed by atoms with Crippen LogP contribution in [0.2, 0.25) is 0 Å². The van der Waals surface area contributed by atoms with Gasteiger partial charge in [-0.15, -0.1) is 0 Å². The van der Waals surface area contributed by atoms with Crippen molar-refractivity contribution in [2.24, 2.45) is 7.05 Å². The fraction of sp³-hybridized carbons (Fsp3) is 0.250. The van der Waals surface area contributed by atoms with E-state index in [1.165, 1.54) is 0 Å². The Morgan fingerprint density at radius 2 is 1.82 bits per heavy atom. The number of hydrogen-bond acceptors (Lipinski definition) is 8. The third kappa shape index (κ3) is 5.64. The van der Waals surface area contributed by atoms with Crippen LogP contribution in [0, 0.1) is 0 Å². The lowest BCUT2D eigenvalue weighted by molar-refractivity contribution is -0.117. The van der Waals surface area contributed by atoms with E-state index in [4.69, 9.17) is 14.5 Å². The molecule has 0 fully saturated rings. The molecule has 0 bridgehead atoms. The van der Waals surface area contributed by atoms with Crippen molar-refractivity contribution in [1.82, 2.24) is 29.7 Å². The van der Waals surface area contributed by atoms with Crippen molar-refractivity contribution >= 4 is 28.2 Å². The zero-order valence-corrected chi connectivity index (χ0v) is 21.6. The van der Waals surface area contributed by atoms with E-state index in [1.807, 2.05) is 48.5 Å². The molecule has 5 rings (SSSR count). The molecule has 194 valence electrons. The minimum Gasteiger partial charge on any atom is -0.497 e. The summed E-state index contributed by atoms with van der Waals surface area (Å²) in [6, 6.07) is 11.4. The van der Waals surface area contributed by atoms with Crippen molar-refractivity contribution in [2.75, 3.05) is 25.7 Å². The molecule has 0 unspecified atom stereocenters. The number of hydrogen-bond donors (Lipinski definition) is 1. The van der Waals surface area contributed by atoms with Gasteiger partial charge in [0, 0.05) is 73.6 Å². The summed E-state index contributed by atoms with van der Waals surface area (Å²) in [5.41, 5.74) is 4.67. The van der Waals surface area contributed by atoms with Crippen LogP contribution < -0.4 is 14.4 Å². The summed E-state index contributed by atoms with van der Waals surface area (Å²) < 4.78 is 12.7. The van der Waals surface area contributed by atoms with E-state index in [2.05, 4.69) is 20.1 Å². The van der Waals surface area contributed by atoms with Gasteiger partial charge in [0.05, 0.1) is 49.9 Å². The molecule has 0 amide bonds. The molecule has 5 aromatic rings. The average molecular weight is 512 g/mol. The first kappa shape index (κ1) is 24.9. The molecule has 10 heteroatoms. The number of ether oxygens (including phenoxy) is 2. The minimum atomic E-state index is 0.105. The Morgan fingerprint density at radius 1 is 1.00 bits per heavy atom. The first-order valence-corrected chi connectivity index (χ1v) is 12.3. The quantitative estimate of drug-likeness (QED) is 0.276. The lowest BCUT2D eigenvalue weighted by Gasteiger charge is -2.25. The average Bonchev–Trinajstić information content (AvgIpc) is 3.62. The van der Waals surface area contributed by atoms with Crippen LogP contribution in [0.15, 0.2) is 67.4 Å². The number of fused-ring (bicyclic) bond motifs is 1. The van der Waals surface area contributed by atoms with Crippen molar-refractivity contribution in [3.05, 3.63) is 73.2 Å². The predicted molar refractivity (Wildman–Crippen MR) is 145 cm³/mol. The molecule has 0 saturated carbocycles. The first-order chi connectivity index (χ1) is 18.5. The van der Waals surface area contributed by atoms with E-state index in [0.717, 1.165) is 34.0 Å². The lowest BCUT2D eigenvalue weighted by Crippen LogP contribution is -2.25. The van der Waals surface area contributed by atoms with E-state index in [0.29, 0.717) is 36.3 Å². The second-order valence-electron chi connectivity index (χ2n) is 8.92. The number of imidazole rings is 1. The number of aryl methyl sites for hydroxylation is 2. The van der Waals surface area contributed by atoms with Crippen LogP contribution in [0.25, 0.3) is 22.3 Å². The van der Waals surface area contributed by atoms with Gasteiger partial charge < -0.3 is 19.4 Å². The van der Waals surface area contributed by atoms with Crippen LogP contribution in [0.3, 0.4) is 0 Å². The largest absolute Gasteiger partial charge is 0.497 e. The van der Waals surface area contributed by atoms with Crippen molar-refractivity contribution in [1.29, 1.82) is 0 Å². The molecule has 38 heavy (non-hydrogen) atoms. The predicted octanol–water partition coefficient (Wildman–Crippen LogP) is 4.50. The zero-order chi connectivity index (χ0) is 26.5. The molecule has 0 aliphatic carbocycles. The Kier molecular flexibility index (Phi) is 7.30. The van der Waals surface area contributed by atoms with Gasteiger partial charge in [-0.25, -0.2) is 9.97 Å². The fourth-order valence-corrected chi connectivity index (χ4v) is 4.28. The number of anilines is 2. The standard InChI is InChI=1S/C28H29N7O3/c1-34-17-19(15-32-34)27-16-31-25-8-7-20(13-26(25)33-27)35(21-11-23(37-2)14-24(12-21)38-3)18-22(36)5-4-6-28-29-9-10-30-28/h7-17H,4-6,18H2,1-3H3,(H,29,30). The van der Waals surface area contributed by atoms with E-state index in [1.54, 1.807) is 49.8 Å². The SMILES string of the molecule is COc1cc(OC)cc(N(CC(=O)CCCc2ncc[nH]2)c2ccc3ncc(-c4cnn(C)c4)nc3c2)c1. The molecule has 3 heterocycles. The third-order valence-corrected chi connectivity index (χ3v) is 6.24. The topological polar surface area (TPSA) is 111 Å². The van der Waals surface area contributed by atoms with Crippen molar-refractivity contribution in [2.45, 2.75) is 19.3 Å². The maximum atomic E-state index is 13.2. The monoisotopic (exact) mass is 511 g/mol. The number of benzene rings is 2. The molecule has 10 nitrogen and oxygen atoms in total. The summed E-state index contributed by atoms with van der Waals surface area (Å²) >= 11 is 0. The maximum Gasteiger partial charge on any atom is 0.152 e. The zero-order valence-electron chi connectivity index (χ0n) is 21.6. The van der Waals surface area contributed by atoms with Crippen molar-refractivity contribution < 1.29 is 14.3 Å². The number of methoxy groups -OCH3 is 2. The van der Waals surface area contributed by atoms with Gasteiger partial charge in [0.1, 0.15) is 17.3 Å². The molecule has 3 aromatic heterocycles. The van der Waals surface area contributed by atoms with Gasteiger partial charge in [-0.1, -0.05) is 0 Å². The normalized spacial score (nSPS) is 11.0. The number of nitrogens with zero attached hydrogens (tertiary/aromatic N) is 6. The Labute approximate surface area is 220 Å². The number of carbonyl (C=O) groups excluding carboxylic acids is 1.